The number of aliphatic hydroxyl groups is 1. The summed E-state index contributed by atoms with van der Waals surface area (Å²) in [5.41, 5.74) is 2.28. The summed E-state index contributed by atoms with van der Waals surface area (Å²) < 4.78 is 0. The van der Waals surface area contributed by atoms with Gasteiger partial charge in [-0.15, -0.1) is 0 Å². The van der Waals surface area contributed by atoms with Crippen LogP contribution in [0.4, 0.5) is 11.4 Å². The van der Waals surface area contributed by atoms with Crippen LogP contribution in [0, 0.1) is 0 Å². The van der Waals surface area contributed by atoms with Gasteiger partial charge in [0.05, 0.1) is 16.4 Å². The van der Waals surface area contributed by atoms with Crippen LogP contribution in [0.2, 0.25) is 5.02 Å². The third-order valence-electron chi connectivity index (χ3n) is 3.60. The number of aliphatic imine (C=N–C) groups is 1. The van der Waals surface area contributed by atoms with Crippen molar-refractivity contribution < 1.29 is 9.90 Å². The summed E-state index contributed by atoms with van der Waals surface area (Å²) in [4.78, 5) is 18.3. The molecule has 0 saturated carbocycles. The number of ketones is 1. The molecule has 2 aliphatic rings. The van der Waals surface area contributed by atoms with Gasteiger partial charge in [0.15, 0.2) is 12.1 Å². The number of hydrogen-bond donors (Lipinski definition) is 1. The Hall–Kier alpha value is -2.17. The van der Waals surface area contributed by atoms with Gasteiger partial charge in [0, 0.05) is 11.1 Å². The minimum atomic E-state index is -1.00. The Balaban J connectivity index is 2.01. The van der Waals surface area contributed by atoms with E-state index in [2.05, 4.69) is 4.99 Å². The molecule has 2 aliphatic heterocycles. The monoisotopic (exact) mass is 284 g/mol. The van der Waals surface area contributed by atoms with E-state index in [0.717, 1.165) is 0 Å². The van der Waals surface area contributed by atoms with Crippen LogP contribution in [-0.2, 0) is 0 Å². The van der Waals surface area contributed by atoms with Gasteiger partial charge in [-0.05, 0) is 24.3 Å². The van der Waals surface area contributed by atoms with Crippen LogP contribution in [0.1, 0.15) is 22.1 Å². The van der Waals surface area contributed by atoms with Crippen molar-refractivity contribution in [3.05, 3.63) is 58.6 Å². The molecule has 1 atom stereocenters. The number of benzene rings is 2. The van der Waals surface area contributed by atoms with Crippen molar-refractivity contribution in [2.75, 3.05) is 4.90 Å². The zero-order valence-electron chi connectivity index (χ0n) is 10.2. The number of para-hydroxylation sites is 1. The smallest absolute Gasteiger partial charge is 0.230 e. The van der Waals surface area contributed by atoms with Gasteiger partial charge in [-0.3, -0.25) is 9.69 Å². The average Bonchev–Trinajstić information content (AvgIpc) is 2.73. The van der Waals surface area contributed by atoms with Gasteiger partial charge in [-0.2, -0.15) is 0 Å². The van der Waals surface area contributed by atoms with Crippen LogP contribution in [0.25, 0.3) is 0 Å². The fourth-order valence-electron chi connectivity index (χ4n) is 2.69. The maximum Gasteiger partial charge on any atom is 0.230 e. The van der Waals surface area contributed by atoms with E-state index >= 15 is 0 Å². The van der Waals surface area contributed by atoms with E-state index in [0.29, 0.717) is 27.5 Å². The quantitative estimate of drug-likeness (QED) is 0.809. The van der Waals surface area contributed by atoms with Crippen molar-refractivity contribution in [2.45, 2.75) is 6.23 Å². The van der Waals surface area contributed by atoms with Crippen LogP contribution in [0.3, 0.4) is 0 Å². The van der Waals surface area contributed by atoms with Gasteiger partial charge in [0.1, 0.15) is 0 Å². The van der Waals surface area contributed by atoms with Gasteiger partial charge in [-0.1, -0.05) is 29.8 Å². The number of aliphatic hydroxyl groups excluding tert-OH is 1. The Kier molecular flexibility index (Phi) is 2.28. The number of Topliss-reactive ketones (excluding diaryl/α,β-unsaturated/α-hetero) is 1. The summed E-state index contributed by atoms with van der Waals surface area (Å²) >= 11 is 6.15. The first-order chi connectivity index (χ1) is 9.68. The molecule has 0 aromatic heterocycles. The number of carbonyl (C=O) groups excluding carboxylic acids is 1. The SMILES string of the molecule is O=C1C2=Nc3cccc(Cl)c3C(O)N2c2ccccc21. The highest BCUT2D eigenvalue weighted by Gasteiger charge is 2.41. The van der Waals surface area contributed by atoms with Crippen molar-refractivity contribution in [2.24, 2.45) is 4.99 Å². The molecule has 0 aliphatic carbocycles. The Morgan fingerprint density at radius 3 is 2.80 bits per heavy atom. The molecule has 0 saturated heterocycles. The molecular formula is C15H9ClN2O2. The van der Waals surface area contributed by atoms with E-state index in [4.69, 9.17) is 11.6 Å². The summed E-state index contributed by atoms with van der Waals surface area (Å²) in [5, 5.41) is 11.0. The van der Waals surface area contributed by atoms with Crippen molar-refractivity contribution in [1.29, 1.82) is 0 Å². The molecule has 2 heterocycles. The molecule has 0 spiro atoms. The third kappa shape index (κ3) is 1.35. The average molecular weight is 285 g/mol. The maximum absolute atomic E-state index is 12.4. The second-order valence-corrected chi connectivity index (χ2v) is 5.11. The highest BCUT2D eigenvalue weighted by atomic mass is 35.5. The summed E-state index contributed by atoms with van der Waals surface area (Å²) in [6.45, 7) is 0. The zero-order chi connectivity index (χ0) is 13.9. The summed E-state index contributed by atoms with van der Waals surface area (Å²) in [6, 6.07) is 12.3. The summed E-state index contributed by atoms with van der Waals surface area (Å²) in [6.07, 6.45) is -1.00. The lowest BCUT2D eigenvalue weighted by atomic mass is 10.1. The first kappa shape index (κ1) is 11.6. The van der Waals surface area contributed by atoms with Crippen LogP contribution in [-0.4, -0.2) is 16.7 Å². The molecule has 1 N–H and O–H groups in total. The molecule has 0 amide bonds. The third-order valence-corrected chi connectivity index (χ3v) is 3.93. The highest BCUT2D eigenvalue weighted by molar-refractivity contribution is 6.55. The largest absolute Gasteiger partial charge is 0.369 e. The fourth-order valence-corrected chi connectivity index (χ4v) is 2.96. The maximum atomic E-state index is 12.4. The van der Waals surface area contributed by atoms with Gasteiger partial charge < -0.3 is 5.11 Å². The molecular weight excluding hydrogens is 276 g/mol. The summed E-state index contributed by atoms with van der Waals surface area (Å²) in [7, 11) is 0. The van der Waals surface area contributed by atoms with E-state index in [1.807, 2.05) is 6.07 Å². The van der Waals surface area contributed by atoms with E-state index < -0.39 is 6.23 Å². The normalized spacial score (nSPS) is 19.3. The minimum absolute atomic E-state index is 0.176. The second-order valence-electron chi connectivity index (χ2n) is 4.70. The molecule has 0 fully saturated rings. The predicted molar refractivity (Wildman–Crippen MR) is 76.8 cm³/mol. The van der Waals surface area contributed by atoms with Gasteiger partial charge in [0.2, 0.25) is 5.78 Å². The number of amidine groups is 1. The molecule has 0 bridgehead atoms. The second kappa shape index (κ2) is 3.91. The molecule has 20 heavy (non-hydrogen) atoms. The Bertz CT molecular complexity index is 785. The Morgan fingerprint density at radius 2 is 1.95 bits per heavy atom. The lowest BCUT2D eigenvalue weighted by molar-refractivity contribution is 0.106. The molecule has 5 heteroatoms. The lowest BCUT2D eigenvalue weighted by Gasteiger charge is -2.30. The standard InChI is InChI=1S/C15H9ClN2O2/c16-9-5-3-6-10-12(9)15(20)18-11-7-2-1-4-8(11)13(19)14(18)17-10/h1-7,15,20H. The van der Waals surface area contributed by atoms with Gasteiger partial charge >= 0.3 is 0 Å². The van der Waals surface area contributed by atoms with Gasteiger partial charge in [0.25, 0.3) is 0 Å². The predicted octanol–water partition coefficient (Wildman–Crippen LogP) is 3.08. The fraction of sp³-hybridized carbons (Fsp3) is 0.0667. The van der Waals surface area contributed by atoms with E-state index in [9.17, 15) is 9.90 Å². The first-order valence-corrected chi connectivity index (χ1v) is 6.54. The van der Waals surface area contributed by atoms with E-state index in [1.165, 1.54) is 4.90 Å². The number of hydrogen-bond acceptors (Lipinski definition) is 4. The zero-order valence-corrected chi connectivity index (χ0v) is 11.0. The molecule has 4 rings (SSSR count). The molecule has 0 radical (unpaired) electrons. The van der Waals surface area contributed by atoms with Crippen LogP contribution in [0.5, 0.6) is 0 Å². The number of nitrogens with zero attached hydrogens (tertiary/aromatic N) is 2. The van der Waals surface area contributed by atoms with Crippen LogP contribution < -0.4 is 4.90 Å². The number of fused-ring (bicyclic) bond motifs is 4. The molecule has 4 nitrogen and oxygen atoms in total. The Labute approximate surface area is 119 Å². The molecule has 2 aromatic rings. The number of halogens is 1. The first-order valence-electron chi connectivity index (χ1n) is 6.16. The Morgan fingerprint density at radius 1 is 1.15 bits per heavy atom. The van der Waals surface area contributed by atoms with Crippen molar-refractivity contribution >= 4 is 34.6 Å². The van der Waals surface area contributed by atoms with E-state index in [1.54, 1.807) is 36.4 Å². The highest BCUT2D eigenvalue weighted by Crippen LogP contribution is 2.44. The van der Waals surface area contributed by atoms with Crippen LogP contribution >= 0.6 is 11.6 Å². The van der Waals surface area contributed by atoms with Crippen LogP contribution in [0.15, 0.2) is 47.5 Å². The van der Waals surface area contributed by atoms with E-state index in [-0.39, 0.29) is 11.6 Å². The van der Waals surface area contributed by atoms with Crippen molar-refractivity contribution in [3.8, 4) is 0 Å². The summed E-state index contributed by atoms with van der Waals surface area (Å²) in [5.74, 6) is 0.0683. The molecule has 2 aromatic carbocycles. The lowest BCUT2D eigenvalue weighted by Crippen LogP contribution is -2.36. The minimum Gasteiger partial charge on any atom is -0.369 e. The topological polar surface area (TPSA) is 52.9 Å². The number of carbonyl (C=O) groups is 1. The molecule has 1 unspecified atom stereocenters. The van der Waals surface area contributed by atoms with Crippen molar-refractivity contribution in [3.63, 3.8) is 0 Å². The van der Waals surface area contributed by atoms with Gasteiger partial charge in [-0.25, -0.2) is 4.99 Å². The number of rotatable bonds is 0. The molecule has 98 valence electrons. The van der Waals surface area contributed by atoms with Crippen molar-refractivity contribution in [1.82, 2.24) is 0 Å². The number of anilines is 1.